The fraction of sp³-hybridized carbons (Fsp3) is 0.533. The minimum atomic E-state index is -0.455. The van der Waals surface area contributed by atoms with Gasteiger partial charge in [0, 0.05) is 5.33 Å². The molecule has 0 heterocycles. The van der Waals surface area contributed by atoms with E-state index in [1.165, 1.54) is 12.5 Å². The standard InChI is InChI=1S/C15H19BrFNO/c1-11-5-6-13(17)12(9-11)14(19)18-15(10-16)7-3-2-4-8-15/h5-6,9H,2-4,7-8,10H2,1H3,(H,18,19). The molecule has 0 saturated heterocycles. The Morgan fingerprint density at radius 2 is 2.05 bits per heavy atom. The normalized spacial score (nSPS) is 18.1. The van der Waals surface area contributed by atoms with E-state index in [1.54, 1.807) is 12.1 Å². The van der Waals surface area contributed by atoms with Crippen LogP contribution in [0.25, 0.3) is 0 Å². The van der Waals surface area contributed by atoms with Crippen LogP contribution in [-0.4, -0.2) is 16.8 Å². The van der Waals surface area contributed by atoms with Crippen LogP contribution in [0.2, 0.25) is 0 Å². The van der Waals surface area contributed by atoms with E-state index in [1.807, 2.05) is 6.92 Å². The Labute approximate surface area is 121 Å². The summed E-state index contributed by atoms with van der Waals surface area (Å²) in [5.74, 6) is -0.758. The number of benzene rings is 1. The summed E-state index contributed by atoms with van der Waals surface area (Å²) in [6.07, 6.45) is 5.35. The Balaban J connectivity index is 2.17. The van der Waals surface area contributed by atoms with Gasteiger partial charge < -0.3 is 5.32 Å². The van der Waals surface area contributed by atoms with Crippen molar-refractivity contribution in [3.8, 4) is 0 Å². The molecular weight excluding hydrogens is 309 g/mol. The summed E-state index contributed by atoms with van der Waals surface area (Å²) in [5, 5.41) is 3.76. The molecule has 1 amide bonds. The van der Waals surface area contributed by atoms with E-state index in [0.717, 1.165) is 36.6 Å². The Morgan fingerprint density at radius 1 is 1.37 bits per heavy atom. The minimum Gasteiger partial charge on any atom is -0.346 e. The summed E-state index contributed by atoms with van der Waals surface area (Å²) in [4.78, 5) is 12.3. The molecule has 2 nitrogen and oxygen atoms in total. The number of hydrogen-bond acceptors (Lipinski definition) is 1. The summed E-state index contributed by atoms with van der Waals surface area (Å²) in [6.45, 7) is 1.86. The van der Waals surface area contributed by atoms with E-state index in [2.05, 4.69) is 21.2 Å². The fourth-order valence-electron chi connectivity index (χ4n) is 2.64. The highest BCUT2D eigenvalue weighted by Crippen LogP contribution is 2.30. The highest BCUT2D eigenvalue weighted by Gasteiger charge is 2.33. The second-order valence-corrected chi connectivity index (χ2v) is 5.97. The van der Waals surface area contributed by atoms with Gasteiger partial charge >= 0.3 is 0 Å². The SMILES string of the molecule is Cc1ccc(F)c(C(=O)NC2(CBr)CCCCC2)c1. The first-order valence-electron chi connectivity index (χ1n) is 6.71. The second kappa shape index (κ2) is 6.04. The zero-order valence-corrected chi connectivity index (χ0v) is 12.7. The number of carbonyl (C=O) groups excluding carboxylic acids is 1. The smallest absolute Gasteiger partial charge is 0.254 e. The molecule has 0 spiro atoms. The molecule has 1 aliphatic carbocycles. The number of nitrogens with one attached hydrogen (secondary N) is 1. The molecule has 0 aliphatic heterocycles. The van der Waals surface area contributed by atoms with Crippen molar-refractivity contribution in [2.24, 2.45) is 0 Å². The summed E-state index contributed by atoms with van der Waals surface area (Å²) >= 11 is 3.49. The van der Waals surface area contributed by atoms with Gasteiger partial charge in [-0.15, -0.1) is 0 Å². The molecular formula is C15H19BrFNO. The van der Waals surface area contributed by atoms with Crippen LogP contribution in [0.5, 0.6) is 0 Å². The molecule has 19 heavy (non-hydrogen) atoms. The van der Waals surface area contributed by atoms with Crippen molar-refractivity contribution in [1.82, 2.24) is 5.32 Å². The van der Waals surface area contributed by atoms with Crippen LogP contribution in [0.15, 0.2) is 18.2 Å². The third kappa shape index (κ3) is 3.35. The number of carbonyl (C=O) groups is 1. The van der Waals surface area contributed by atoms with Gasteiger partial charge in [-0.2, -0.15) is 0 Å². The van der Waals surface area contributed by atoms with Gasteiger partial charge in [0.1, 0.15) is 5.82 Å². The van der Waals surface area contributed by atoms with Crippen LogP contribution in [0, 0.1) is 12.7 Å². The topological polar surface area (TPSA) is 29.1 Å². The molecule has 0 atom stereocenters. The number of halogens is 2. The molecule has 0 radical (unpaired) electrons. The Morgan fingerprint density at radius 3 is 2.68 bits per heavy atom. The van der Waals surface area contributed by atoms with Crippen LogP contribution in [0.1, 0.15) is 48.0 Å². The van der Waals surface area contributed by atoms with Crippen LogP contribution >= 0.6 is 15.9 Å². The first-order chi connectivity index (χ1) is 9.06. The van der Waals surface area contributed by atoms with Crippen molar-refractivity contribution in [3.63, 3.8) is 0 Å². The molecule has 1 saturated carbocycles. The summed E-state index contributed by atoms with van der Waals surface area (Å²) in [5.41, 5.74) is 0.819. The largest absolute Gasteiger partial charge is 0.346 e. The van der Waals surface area contributed by atoms with Gasteiger partial charge in [0.2, 0.25) is 0 Å². The Bertz CT molecular complexity index is 469. The molecule has 2 rings (SSSR count). The molecule has 1 aliphatic rings. The van der Waals surface area contributed by atoms with Gasteiger partial charge in [-0.1, -0.05) is 46.8 Å². The summed E-state index contributed by atoms with van der Waals surface area (Å²) < 4.78 is 13.7. The molecule has 1 fully saturated rings. The van der Waals surface area contributed by atoms with Gasteiger partial charge in [-0.3, -0.25) is 4.79 Å². The van der Waals surface area contributed by atoms with Crippen molar-refractivity contribution in [3.05, 3.63) is 35.1 Å². The quantitative estimate of drug-likeness (QED) is 0.836. The van der Waals surface area contributed by atoms with Gasteiger partial charge in [0.15, 0.2) is 0 Å². The molecule has 1 aromatic rings. The lowest BCUT2D eigenvalue weighted by Crippen LogP contribution is -2.51. The zero-order chi connectivity index (χ0) is 13.9. The maximum Gasteiger partial charge on any atom is 0.254 e. The van der Waals surface area contributed by atoms with Gasteiger partial charge in [-0.25, -0.2) is 4.39 Å². The number of alkyl halides is 1. The summed E-state index contributed by atoms with van der Waals surface area (Å²) in [7, 11) is 0. The average Bonchev–Trinajstić information content (AvgIpc) is 2.42. The lowest BCUT2D eigenvalue weighted by atomic mass is 9.83. The van der Waals surface area contributed by atoms with Crippen LogP contribution in [0.4, 0.5) is 4.39 Å². The Kier molecular flexibility index (Phi) is 4.61. The maximum atomic E-state index is 13.7. The van der Waals surface area contributed by atoms with Gasteiger partial charge in [0.05, 0.1) is 11.1 Å². The monoisotopic (exact) mass is 327 g/mol. The number of amides is 1. The summed E-state index contributed by atoms with van der Waals surface area (Å²) in [6, 6.07) is 4.63. The van der Waals surface area contributed by atoms with E-state index in [9.17, 15) is 9.18 Å². The average molecular weight is 328 g/mol. The van der Waals surface area contributed by atoms with E-state index in [4.69, 9.17) is 0 Å². The lowest BCUT2D eigenvalue weighted by Gasteiger charge is -2.36. The number of rotatable bonds is 3. The van der Waals surface area contributed by atoms with E-state index in [0.29, 0.717) is 0 Å². The highest BCUT2D eigenvalue weighted by atomic mass is 79.9. The zero-order valence-electron chi connectivity index (χ0n) is 11.1. The first kappa shape index (κ1) is 14.5. The molecule has 1 N–H and O–H groups in total. The van der Waals surface area contributed by atoms with E-state index < -0.39 is 5.82 Å². The molecule has 1 aromatic carbocycles. The molecule has 0 bridgehead atoms. The molecule has 104 valence electrons. The molecule has 4 heteroatoms. The highest BCUT2D eigenvalue weighted by molar-refractivity contribution is 9.09. The third-order valence-corrected chi connectivity index (χ3v) is 4.89. The number of hydrogen-bond donors (Lipinski definition) is 1. The van der Waals surface area contributed by atoms with Gasteiger partial charge in [0.25, 0.3) is 5.91 Å². The first-order valence-corrected chi connectivity index (χ1v) is 7.83. The second-order valence-electron chi connectivity index (χ2n) is 5.41. The van der Waals surface area contributed by atoms with Crippen molar-refractivity contribution in [2.45, 2.75) is 44.6 Å². The molecule has 0 aromatic heterocycles. The van der Waals surface area contributed by atoms with Gasteiger partial charge in [-0.05, 0) is 31.9 Å². The van der Waals surface area contributed by atoms with Crippen LogP contribution < -0.4 is 5.32 Å². The fourth-order valence-corrected chi connectivity index (χ4v) is 3.34. The van der Waals surface area contributed by atoms with Crippen molar-refractivity contribution >= 4 is 21.8 Å². The predicted octanol–water partition coefficient (Wildman–Crippen LogP) is 3.96. The van der Waals surface area contributed by atoms with Crippen LogP contribution in [0.3, 0.4) is 0 Å². The Hall–Kier alpha value is -0.900. The van der Waals surface area contributed by atoms with Crippen LogP contribution in [-0.2, 0) is 0 Å². The van der Waals surface area contributed by atoms with E-state index >= 15 is 0 Å². The predicted molar refractivity (Wildman–Crippen MR) is 78.2 cm³/mol. The van der Waals surface area contributed by atoms with E-state index in [-0.39, 0.29) is 17.0 Å². The lowest BCUT2D eigenvalue weighted by molar-refractivity contribution is 0.0882. The maximum absolute atomic E-state index is 13.7. The number of aryl methyl sites for hydroxylation is 1. The third-order valence-electron chi connectivity index (χ3n) is 3.81. The van der Waals surface area contributed by atoms with Crippen molar-refractivity contribution < 1.29 is 9.18 Å². The van der Waals surface area contributed by atoms with Crippen molar-refractivity contribution in [1.29, 1.82) is 0 Å². The van der Waals surface area contributed by atoms with Crippen molar-refractivity contribution in [2.75, 3.05) is 5.33 Å². The minimum absolute atomic E-state index is 0.144. The molecule has 0 unspecified atom stereocenters.